The molecule has 0 saturated carbocycles. The molecule has 0 aliphatic carbocycles. The largest absolute Gasteiger partial charge is 0.466 e. The molecule has 34 heavy (non-hydrogen) atoms. The molecular weight excluding hydrogens is 446 g/mol. The third-order valence-corrected chi connectivity index (χ3v) is 4.68. The lowest BCUT2D eigenvalue weighted by Gasteiger charge is -2.15. The lowest BCUT2D eigenvalue weighted by molar-refractivity contribution is -0.146. The fourth-order valence-corrected chi connectivity index (χ4v) is 2.57. The summed E-state index contributed by atoms with van der Waals surface area (Å²) in [6.07, 6.45) is 3.69. The number of ether oxygens (including phenoxy) is 4. The Hall–Kier alpha value is -2.24. The molecule has 0 aliphatic heterocycles. The Labute approximate surface area is 203 Å². The SMILES string of the molecule is CNCCC(=O)OCCCCOC(=O)CCN(C)CCC(=O)OCCCCOC(=O)CCNC. The first kappa shape index (κ1) is 31.8. The number of rotatable bonds is 22. The van der Waals surface area contributed by atoms with Crippen molar-refractivity contribution in [2.24, 2.45) is 0 Å². The highest BCUT2D eigenvalue weighted by Crippen LogP contribution is 1.99. The Balaban J connectivity index is 3.57. The van der Waals surface area contributed by atoms with Crippen molar-refractivity contribution in [3.63, 3.8) is 0 Å². The van der Waals surface area contributed by atoms with Gasteiger partial charge in [-0.3, -0.25) is 19.2 Å². The quantitative estimate of drug-likeness (QED) is 0.126. The first-order valence-corrected chi connectivity index (χ1v) is 12.0. The Bertz CT molecular complexity index is 526. The molecule has 0 amide bonds. The molecule has 0 aliphatic rings. The maximum Gasteiger partial charge on any atom is 0.307 e. The summed E-state index contributed by atoms with van der Waals surface area (Å²) < 4.78 is 20.4. The number of nitrogens with zero attached hydrogens (tertiary/aromatic N) is 1. The van der Waals surface area contributed by atoms with E-state index >= 15 is 0 Å². The van der Waals surface area contributed by atoms with E-state index < -0.39 is 0 Å². The highest BCUT2D eigenvalue weighted by molar-refractivity contribution is 5.70. The van der Waals surface area contributed by atoms with Crippen molar-refractivity contribution in [2.45, 2.75) is 51.4 Å². The Kier molecular flexibility index (Phi) is 21.1. The zero-order chi connectivity index (χ0) is 25.4. The number of hydrogen-bond donors (Lipinski definition) is 2. The van der Waals surface area contributed by atoms with Crippen LogP contribution in [0.2, 0.25) is 0 Å². The minimum atomic E-state index is -0.299. The normalized spacial score (nSPS) is 10.7. The summed E-state index contributed by atoms with van der Waals surface area (Å²) in [6, 6.07) is 0. The van der Waals surface area contributed by atoms with Crippen LogP contribution in [0.25, 0.3) is 0 Å². The smallest absolute Gasteiger partial charge is 0.307 e. The molecule has 0 aromatic rings. The molecule has 0 aromatic heterocycles. The van der Waals surface area contributed by atoms with Gasteiger partial charge in [0.2, 0.25) is 0 Å². The molecule has 198 valence electrons. The van der Waals surface area contributed by atoms with Crippen molar-refractivity contribution in [2.75, 3.05) is 73.7 Å². The second-order valence-electron chi connectivity index (χ2n) is 7.81. The van der Waals surface area contributed by atoms with E-state index in [1.54, 1.807) is 14.1 Å². The summed E-state index contributed by atoms with van der Waals surface area (Å²) >= 11 is 0. The van der Waals surface area contributed by atoms with Gasteiger partial charge < -0.3 is 34.5 Å². The first-order valence-electron chi connectivity index (χ1n) is 12.0. The zero-order valence-corrected chi connectivity index (χ0v) is 21.0. The van der Waals surface area contributed by atoms with Crippen LogP contribution in [-0.4, -0.2) is 103 Å². The van der Waals surface area contributed by atoms with E-state index in [-0.39, 0.29) is 49.9 Å². The molecule has 0 bridgehead atoms. The molecule has 0 heterocycles. The maximum absolute atomic E-state index is 11.8. The van der Waals surface area contributed by atoms with Crippen molar-refractivity contribution in [1.82, 2.24) is 15.5 Å². The molecule has 0 spiro atoms. The molecule has 0 radical (unpaired) electrons. The zero-order valence-electron chi connectivity index (χ0n) is 21.0. The second-order valence-corrected chi connectivity index (χ2v) is 7.81. The van der Waals surface area contributed by atoms with Crippen LogP contribution in [0.3, 0.4) is 0 Å². The van der Waals surface area contributed by atoms with E-state index in [1.807, 2.05) is 11.9 Å². The summed E-state index contributed by atoms with van der Waals surface area (Å²) in [7, 11) is 5.37. The molecule has 11 nitrogen and oxygen atoms in total. The molecule has 0 aromatic carbocycles. The average molecular weight is 490 g/mol. The van der Waals surface area contributed by atoms with Gasteiger partial charge >= 0.3 is 23.9 Å². The van der Waals surface area contributed by atoms with Gasteiger partial charge in [-0.2, -0.15) is 0 Å². The lowest BCUT2D eigenvalue weighted by Crippen LogP contribution is -2.26. The number of carbonyl (C=O) groups is 4. The molecule has 0 unspecified atom stereocenters. The number of hydrogen-bond acceptors (Lipinski definition) is 11. The van der Waals surface area contributed by atoms with E-state index in [4.69, 9.17) is 18.9 Å². The van der Waals surface area contributed by atoms with Gasteiger partial charge in [-0.05, 0) is 46.8 Å². The van der Waals surface area contributed by atoms with Gasteiger partial charge in [-0.25, -0.2) is 0 Å². The van der Waals surface area contributed by atoms with Crippen LogP contribution in [0.1, 0.15) is 51.4 Å². The fraction of sp³-hybridized carbons (Fsp3) is 0.826. The van der Waals surface area contributed by atoms with Gasteiger partial charge in [-0.1, -0.05) is 0 Å². The van der Waals surface area contributed by atoms with Gasteiger partial charge in [-0.15, -0.1) is 0 Å². The average Bonchev–Trinajstić information content (AvgIpc) is 2.82. The van der Waals surface area contributed by atoms with Crippen LogP contribution in [0.15, 0.2) is 0 Å². The number of carbonyl (C=O) groups excluding carboxylic acids is 4. The van der Waals surface area contributed by atoms with Crippen molar-refractivity contribution < 1.29 is 38.1 Å². The van der Waals surface area contributed by atoms with Crippen molar-refractivity contribution >= 4 is 23.9 Å². The minimum Gasteiger partial charge on any atom is -0.466 e. The summed E-state index contributed by atoms with van der Waals surface area (Å²) in [5.74, 6) is -1.08. The van der Waals surface area contributed by atoms with Crippen LogP contribution in [0.5, 0.6) is 0 Å². The number of nitrogens with one attached hydrogen (secondary N) is 2. The maximum atomic E-state index is 11.8. The molecule has 0 saturated heterocycles. The Morgan fingerprint density at radius 2 is 0.853 bits per heavy atom. The summed E-state index contributed by atoms with van der Waals surface area (Å²) in [5.41, 5.74) is 0. The highest BCUT2D eigenvalue weighted by Gasteiger charge is 2.09. The van der Waals surface area contributed by atoms with E-state index in [0.717, 1.165) is 0 Å². The Morgan fingerprint density at radius 1 is 0.559 bits per heavy atom. The van der Waals surface area contributed by atoms with Gasteiger partial charge in [0.15, 0.2) is 0 Å². The van der Waals surface area contributed by atoms with E-state index in [2.05, 4.69) is 10.6 Å². The molecule has 0 fully saturated rings. The topological polar surface area (TPSA) is 132 Å². The minimum absolute atomic E-state index is 0.234. The Morgan fingerprint density at radius 3 is 1.15 bits per heavy atom. The summed E-state index contributed by atoms with van der Waals surface area (Å²) in [4.78, 5) is 48.1. The summed E-state index contributed by atoms with van der Waals surface area (Å²) in [5, 5.41) is 5.76. The highest BCUT2D eigenvalue weighted by atomic mass is 16.5. The molecule has 0 atom stereocenters. The third-order valence-electron chi connectivity index (χ3n) is 4.68. The van der Waals surface area contributed by atoms with Gasteiger partial charge in [0, 0.05) is 26.2 Å². The predicted octanol–water partition coefficient (Wildman–Crippen LogP) is 0.651. The van der Waals surface area contributed by atoms with Crippen LogP contribution in [0.4, 0.5) is 0 Å². The van der Waals surface area contributed by atoms with Gasteiger partial charge in [0.1, 0.15) is 0 Å². The number of esters is 4. The second kappa shape index (κ2) is 22.5. The molecule has 2 N–H and O–H groups in total. The van der Waals surface area contributed by atoms with Gasteiger partial charge in [0.05, 0.1) is 52.1 Å². The first-order chi connectivity index (χ1) is 16.4. The van der Waals surface area contributed by atoms with E-state index in [1.165, 1.54) is 0 Å². The van der Waals surface area contributed by atoms with Crippen molar-refractivity contribution in [3.05, 3.63) is 0 Å². The summed E-state index contributed by atoms with van der Waals surface area (Å²) in [6.45, 7) is 3.36. The van der Waals surface area contributed by atoms with E-state index in [0.29, 0.717) is 77.9 Å². The molecule has 11 heteroatoms. The van der Waals surface area contributed by atoms with Crippen LogP contribution in [-0.2, 0) is 38.1 Å². The standard InChI is InChI=1S/C23H43N3O8/c1-24-12-8-20(27)31-16-4-6-18-33-22(29)10-14-26(3)15-11-23(30)34-19-7-5-17-32-21(28)9-13-25-2/h24-25H,4-19H2,1-3H3. The van der Waals surface area contributed by atoms with Gasteiger partial charge in [0.25, 0.3) is 0 Å². The van der Waals surface area contributed by atoms with Crippen LogP contribution in [0, 0.1) is 0 Å². The van der Waals surface area contributed by atoms with Crippen LogP contribution < -0.4 is 10.6 Å². The lowest BCUT2D eigenvalue weighted by atomic mass is 10.3. The number of unbranched alkanes of at least 4 members (excludes halogenated alkanes) is 2. The van der Waals surface area contributed by atoms with Crippen molar-refractivity contribution in [3.8, 4) is 0 Å². The monoisotopic (exact) mass is 489 g/mol. The van der Waals surface area contributed by atoms with E-state index in [9.17, 15) is 19.2 Å². The van der Waals surface area contributed by atoms with Crippen molar-refractivity contribution in [1.29, 1.82) is 0 Å². The molecule has 0 rings (SSSR count). The van der Waals surface area contributed by atoms with Crippen LogP contribution >= 0.6 is 0 Å². The third kappa shape index (κ3) is 21.6. The predicted molar refractivity (Wildman–Crippen MR) is 126 cm³/mol. The fourth-order valence-electron chi connectivity index (χ4n) is 2.57. The molecular formula is C23H43N3O8.